The van der Waals surface area contributed by atoms with Crippen molar-refractivity contribution in [2.45, 2.75) is 53.1 Å². The van der Waals surface area contributed by atoms with Crippen molar-refractivity contribution in [3.05, 3.63) is 0 Å². The number of carboxylic acids is 2. The fourth-order valence-corrected chi connectivity index (χ4v) is 1.93. The fourth-order valence-electron chi connectivity index (χ4n) is 1.93. The van der Waals surface area contributed by atoms with Crippen LogP contribution in [0.2, 0.25) is 0 Å². The molecule has 0 radical (unpaired) electrons. The largest absolute Gasteiger partial charge is 0.631 e. The third kappa shape index (κ3) is 15.4. The summed E-state index contributed by atoms with van der Waals surface area (Å²) in [4.78, 5) is 22.6. The van der Waals surface area contributed by atoms with Gasteiger partial charge in [0.05, 0.1) is 6.10 Å². The van der Waals surface area contributed by atoms with Crippen LogP contribution in [0.5, 0.6) is 0 Å². The number of hydrogen-bond donors (Lipinski definition) is 6. The van der Waals surface area contributed by atoms with Crippen LogP contribution in [0.15, 0.2) is 0 Å². The molecule has 0 aliphatic heterocycles. The standard InChI is InChI=1S/C10H23NO2.C2H2O4.BH3O3/c1-5-10(6-2,7-3)9(4)12-8-13-11;3-1(4)2(5)6;2-1(3)4/h9H,5-8,11H2,1-4H3;(H,3,4)(H,5,6);2-4H. The van der Waals surface area contributed by atoms with Gasteiger partial charge >= 0.3 is 19.3 Å². The second kappa shape index (κ2) is 15.7. The molecule has 0 saturated heterocycles. The monoisotopic (exact) mass is 341 g/mol. The van der Waals surface area contributed by atoms with Crippen molar-refractivity contribution in [1.82, 2.24) is 0 Å². The Kier molecular flexibility index (Phi) is 18.1. The summed E-state index contributed by atoms with van der Waals surface area (Å²) >= 11 is 0. The highest BCUT2D eigenvalue weighted by atomic mass is 16.7. The Morgan fingerprint density at radius 2 is 1.35 bits per heavy atom. The van der Waals surface area contributed by atoms with Crippen molar-refractivity contribution >= 4 is 19.3 Å². The van der Waals surface area contributed by atoms with E-state index in [-0.39, 0.29) is 18.3 Å². The topological polar surface area (TPSA) is 180 Å². The van der Waals surface area contributed by atoms with E-state index in [1.807, 2.05) is 0 Å². The van der Waals surface area contributed by atoms with Gasteiger partial charge < -0.3 is 30.0 Å². The van der Waals surface area contributed by atoms with Gasteiger partial charge in [0.25, 0.3) is 0 Å². The summed E-state index contributed by atoms with van der Waals surface area (Å²) in [5, 5.41) is 36.3. The predicted octanol–water partition coefficient (Wildman–Crippen LogP) is -0.440. The Morgan fingerprint density at radius 1 is 1.04 bits per heavy atom. The Bertz CT molecular complexity index is 288. The van der Waals surface area contributed by atoms with E-state index >= 15 is 0 Å². The molecule has 1 unspecified atom stereocenters. The van der Waals surface area contributed by atoms with Crippen LogP contribution in [0, 0.1) is 5.41 Å². The SMILES string of the molecule is CCC(CC)(CC)C(C)OCON.O=C(O)C(=O)O.OB(O)O. The van der Waals surface area contributed by atoms with Gasteiger partial charge in [-0.1, -0.05) is 20.8 Å². The normalized spacial score (nSPS) is 11.3. The Morgan fingerprint density at radius 3 is 1.52 bits per heavy atom. The average molecular weight is 341 g/mol. The van der Waals surface area contributed by atoms with Crippen molar-refractivity contribution in [2.24, 2.45) is 11.3 Å². The number of ether oxygens (including phenoxy) is 1. The zero-order chi connectivity index (χ0) is 19.1. The first-order valence-corrected chi connectivity index (χ1v) is 6.98. The predicted molar refractivity (Wildman–Crippen MR) is 81.7 cm³/mol. The summed E-state index contributed by atoms with van der Waals surface area (Å²) in [6.07, 6.45) is 3.60. The summed E-state index contributed by atoms with van der Waals surface area (Å²) in [5.74, 6) is 1.27. The lowest BCUT2D eigenvalue weighted by atomic mass is 9.75. The lowest BCUT2D eigenvalue weighted by Gasteiger charge is -2.36. The summed E-state index contributed by atoms with van der Waals surface area (Å²) < 4.78 is 5.48. The molecule has 23 heavy (non-hydrogen) atoms. The number of carbonyl (C=O) groups is 2. The molecule has 0 heterocycles. The number of aliphatic carboxylic acids is 2. The summed E-state index contributed by atoms with van der Waals surface area (Å²) in [6.45, 7) is 8.89. The molecule has 0 bridgehead atoms. The minimum Gasteiger partial charge on any atom is -0.473 e. The Balaban J connectivity index is -0.000000330. The lowest BCUT2D eigenvalue weighted by molar-refractivity contribution is -0.159. The number of rotatable bonds is 7. The third-order valence-electron chi connectivity index (χ3n) is 3.54. The van der Waals surface area contributed by atoms with E-state index in [0.29, 0.717) is 0 Å². The Hall–Kier alpha value is -1.24. The van der Waals surface area contributed by atoms with Gasteiger partial charge in [-0.3, -0.25) is 4.84 Å². The van der Waals surface area contributed by atoms with Crippen LogP contribution < -0.4 is 5.90 Å². The van der Waals surface area contributed by atoms with E-state index < -0.39 is 19.3 Å². The third-order valence-corrected chi connectivity index (χ3v) is 3.54. The van der Waals surface area contributed by atoms with E-state index in [0.717, 1.165) is 19.3 Å². The molecule has 10 nitrogen and oxygen atoms in total. The second-order valence-electron chi connectivity index (χ2n) is 4.47. The van der Waals surface area contributed by atoms with Crippen LogP contribution in [0.1, 0.15) is 47.0 Å². The molecular weight excluding hydrogens is 313 g/mol. The van der Waals surface area contributed by atoms with Crippen molar-refractivity contribution in [3.63, 3.8) is 0 Å². The number of carboxylic acid groups (broad SMARTS) is 2. The first-order valence-electron chi connectivity index (χ1n) is 6.98. The van der Waals surface area contributed by atoms with Gasteiger partial charge in [0.15, 0.2) is 6.79 Å². The molecule has 7 N–H and O–H groups in total. The van der Waals surface area contributed by atoms with E-state index in [9.17, 15) is 0 Å². The van der Waals surface area contributed by atoms with Gasteiger partial charge in [0.1, 0.15) is 0 Å². The van der Waals surface area contributed by atoms with Gasteiger partial charge in [-0.05, 0) is 31.6 Å². The quantitative estimate of drug-likeness (QED) is 0.154. The molecule has 1 atom stereocenters. The molecule has 0 rings (SSSR count). The van der Waals surface area contributed by atoms with Crippen LogP contribution in [0.4, 0.5) is 0 Å². The minimum atomic E-state index is -2.17. The van der Waals surface area contributed by atoms with E-state index in [4.69, 9.17) is 45.5 Å². The van der Waals surface area contributed by atoms with Crippen molar-refractivity contribution < 1.29 is 44.4 Å². The van der Waals surface area contributed by atoms with Crippen LogP contribution in [-0.2, 0) is 19.2 Å². The first-order chi connectivity index (χ1) is 10.5. The molecule has 138 valence electrons. The number of hydrogen-bond acceptors (Lipinski definition) is 8. The highest BCUT2D eigenvalue weighted by Crippen LogP contribution is 2.35. The number of nitrogens with two attached hydrogens (primary N) is 1. The zero-order valence-corrected chi connectivity index (χ0v) is 13.9. The fraction of sp³-hybridized carbons (Fsp3) is 0.833. The minimum absolute atomic E-state index is 0.183. The molecule has 0 amide bonds. The van der Waals surface area contributed by atoms with E-state index in [2.05, 4.69) is 32.5 Å². The van der Waals surface area contributed by atoms with Gasteiger partial charge in [0, 0.05) is 0 Å². The smallest absolute Gasteiger partial charge is 0.473 e. The molecule has 0 aliphatic carbocycles. The molecule has 0 spiro atoms. The Labute approximate surface area is 136 Å². The highest BCUT2D eigenvalue weighted by molar-refractivity contribution is 6.30. The van der Waals surface area contributed by atoms with Crippen LogP contribution >= 0.6 is 0 Å². The molecule has 0 fully saturated rings. The maximum absolute atomic E-state index is 9.10. The maximum Gasteiger partial charge on any atom is 0.631 e. The molecule has 0 aromatic carbocycles. The van der Waals surface area contributed by atoms with Crippen molar-refractivity contribution in [1.29, 1.82) is 0 Å². The van der Waals surface area contributed by atoms with E-state index in [1.54, 1.807) is 0 Å². The highest BCUT2D eigenvalue weighted by Gasteiger charge is 2.31. The molecule has 11 heteroatoms. The molecule has 0 aromatic rings. The van der Waals surface area contributed by atoms with Gasteiger partial charge in [-0.2, -0.15) is 0 Å². The first kappa shape index (κ1) is 26.7. The molecule has 0 aliphatic rings. The van der Waals surface area contributed by atoms with Gasteiger partial charge in [-0.15, -0.1) is 0 Å². The average Bonchev–Trinajstić information content (AvgIpc) is 2.47. The van der Waals surface area contributed by atoms with Gasteiger partial charge in [-0.25, -0.2) is 15.5 Å². The molecule has 0 aromatic heterocycles. The molecular formula is C12H28BNO9. The van der Waals surface area contributed by atoms with Crippen LogP contribution in [-0.4, -0.2) is 57.4 Å². The zero-order valence-electron chi connectivity index (χ0n) is 13.9. The van der Waals surface area contributed by atoms with Crippen LogP contribution in [0.3, 0.4) is 0 Å². The maximum atomic E-state index is 9.10. The van der Waals surface area contributed by atoms with Crippen LogP contribution in [0.25, 0.3) is 0 Å². The summed E-state index contributed by atoms with van der Waals surface area (Å²) in [7, 11) is -2.17. The summed E-state index contributed by atoms with van der Waals surface area (Å²) in [6, 6.07) is 0. The van der Waals surface area contributed by atoms with Crippen molar-refractivity contribution in [2.75, 3.05) is 6.79 Å². The second-order valence-corrected chi connectivity index (χ2v) is 4.47. The van der Waals surface area contributed by atoms with Crippen molar-refractivity contribution in [3.8, 4) is 0 Å². The van der Waals surface area contributed by atoms with E-state index in [1.165, 1.54) is 0 Å². The van der Waals surface area contributed by atoms with Gasteiger partial charge in [0.2, 0.25) is 0 Å². The lowest BCUT2D eigenvalue weighted by Crippen LogP contribution is -2.34. The molecule has 0 saturated carbocycles. The summed E-state index contributed by atoms with van der Waals surface area (Å²) in [5.41, 5.74) is 0.276.